The first kappa shape index (κ1) is 21.4. The van der Waals surface area contributed by atoms with E-state index >= 15 is 0 Å². The van der Waals surface area contributed by atoms with Crippen LogP contribution in [0.2, 0.25) is 0 Å². The molecule has 0 aromatic heterocycles. The Morgan fingerprint density at radius 2 is 1.34 bits per heavy atom. The summed E-state index contributed by atoms with van der Waals surface area (Å²) in [5.74, 6) is -0.279. The zero-order chi connectivity index (χ0) is 22.2. The van der Waals surface area contributed by atoms with Crippen LogP contribution in [0.5, 0.6) is 0 Å². The summed E-state index contributed by atoms with van der Waals surface area (Å²) in [4.78, 5) is 14.8. The van der Waals surface area contributed by atoms with E-state index in [2.05, 4.69) is 40.6 Å². The average molecular weight is 422 g/mol. The van der Waals surface area contributed by atoms with E-state index < -0.39 is 0 Å². The Balaban J connectivity index is 1.56. The number of amides is 1. The van der Waals surface area contributed by atoms with E-state index in [1.54, 1.807) is 6.08 Å². The second kappa shape index (κ2) is 10.5. The number of carbonyl (C=O) groups excluding carboxylic acids is 1. The predicted molar refractivity (Wildman–Crippen MR) is 130 cm³/mol. The van der Waals surface area contributed by atoms with Gasteiger partial charge in [-0.1, -0.05) is 67.8 Å². The molecule has 0 atom stereocenters. The van der Waals surface area contributed by atoms with Gasteiger partial charge in [-0.25, -0.2) is 0 Å². The molecule has 32 heavy (non-hydrogen) atoms. The Kier molecular flexibility index (Phi) is 6.99. The van der Waals surface area contributed by atoms with Gasteiger partial charge in [0.2, 0.25) is 0 Å². The summed E-state index contributed by atoms with van der Waals surface area (Å²) < 4.78 is 0. The maximum absolute atomic E-state index is 12.6. The van der Waals surface area contributed by atoms with Crippen LogP contribution in [0.1, 0.15) is 37.7 Å². The van der Waals surface area contributed by atoms with E-state index in [-0.39, 0.29) is 17.5 Å². The summed E-state index contributed by atoms with van der Waals surface area (Å²) in [5.41, 5.74) is 4.10. The van der Waals surface area contributed by atoms with Gasteiger partial charge in [-0.3, -0.25) is 4.79 Å². The number of nitrogens with one attached hydrogen (secondary N) is 1. The van der Waals surface area contributed by atoms with Gasteiger partial charge in [-0.2, -0.15) is 5.26 Å². The van der Waals surface area contributed by atoms with Gasteiger partial charge in [0.05, 0.1) is 0 Å². The van der Waals surface area contributed by atoms with Crippen LogP contribution in [-0.4, -0.2) is 11.9 Å². The molecular formula is C28H27N3O. The largest absolute Gasteiger partial charge is 0.349 e. The highest BCUT2D eigenvalue weighted by Gasteiger charge is 2.18. The van der Waals surface area contributed by atoms with Crippen LogP contribution in [0, 0.1) is 11.3 Å². The summed E-state index contributed by atoms with van der Waals surface area (Å²) in [6, 6.07) is 30.5. The van der Waals surface area contributed by atoms with Gasteiger partial charge in [0, 0.05) is 23.1 Å². The van der Waals surface area contributed by atoms with Gasteiger partial charge >= 0.3 is 0 Å². The molecule has 4 rings (SSSR count). The molecule has 1 fully saturated rings. The minimum atomic E-state index is -0.279. The Labute approximate surface area is 189 Å². The molecule has 3 aromatic carbocycles. The van der Waals surface area contributed by atoms with Crippen LogP contribution in [0.4, 0.5) is 17.1 Å². The second-order valence-corrected chi connectivity index (χ2v) is 8.08. The van der Waals surface area contributed by atoms with E-state index in [0.717, 1.165) is 48.3 Å². The van der Waals surface area contributed by atoms with E-state index in [1.807, 2.05) is 60.7 Å². The first-order chi connectivity index (χ1) is 15.7. The fourth-order valence-corrected chi connectivity index (χ4v) is 4.15. The number of para-hydroxylation sites is 2. The van der Waals surface area contributed by atoms with Crippen molar-refractivity contribution in [1.29, 1.82) is 5.26 Å². The van der Waals surface area contributed by atoms with Gasteiger partial charge in [-0.15, -0.1) is 0 Å². The average Bonchev–Trinajstić information content (AvgIpc) is 2.85. The van der Waals surface area contributed by atoms with Crippen molar-refractivity contribution in [3.8, 4) is 6.07 Å². The Hall–Kier alpha value is -3.84. The molecule has 4 nitrogen and oxygen atoms in total. The lowest BCUT2D eigenvalue weighted by Gasteiger charge is -2.25. The van der Waals surface area contributed by atoms with Crippen LogP contribution in [0.3, 0.4) is 0 Å². The molecule has 1 N–H and O–H groups in total. The summed E-state index contributed by atoms with van der Waals surface area (Å²) >= 11 is 0. The smallest absolute Gasteiger partial charge is 0.262 e. The van der Waals surface area contributed by atoms with Gasteiger partial charge < -0.3 is 10.2 Å². The third-order valence-electron chi connectivity index (χ3n) is 5.80. The third-order valence-corrected chi connectivity index (χ3v) is 5.80. The molecule has 1 saturated carbocycles. The Bertz CT molecular complexity index is 1050. The van der Waals surface area contributed by atoms with Crippen molar-refractivity contribution in [2.45, 2.75) is 38.1 Å². The minimum absolute atomic E-state index is 0.145. The minimum Gasteiger partial charge on any atom is -0.349 e. The first-order valence-corrected chi connectivity index (χ1v) is 11.2. The van der Waals surface area contributed by atoms with Gasteiger partial charge in [-0.05, 0) is 60.9 Å². The van der Waals surface area contributed by atoms with E-state index in [9.17, 15) is 10.1 Å². The lowest BCUT2D eigenvalue weighted by molar-refractivity contribution is -0.117. The zero-order valence-corrected chi connectivity index (χ0v) is 18.1. The first-order valence-electron chi connectivity index (χ1n) is 11.2. The van der Waals surface area contributed by atoms with Crippen LogP contribution in [-0.2, 0) is 4.79 Å². The lowest BCUT2D eigenvalue weighted by atomic mass is 9.95. The van der Waals surface area contributed by atoms with Crippen LogP contribution in [0.15, 0.2) is 90.5 Å². The molecule has 0 bridgehead atoms. The van der Waals surface area contributed by atoms with Gasteiger partial charge in [0.1, 0.15) is 11.6 Å². The second-order valence-electron chi connectivity index (χ2n) is 8.08. The number of benzene rings is 3. The SMILES string of the molecule is N#C/C(=C/c1ccc(N(c2ccccc2)c2ccccc2)cc1)C(=O)NC1CCCCC1. The fourth-order valence-electron chi connectivity index (χ4n) is 4.15. The molecule has 0 radical (unpaired) electrons. The van der Waals surface area contributed by atoms with Gasteiger partial charge in [0.15, 0.2) is 0 Å². The summed E-state index contributed by atoms with van der Waals surface area (Å²) in [7, 11) is 0. The normalized spacial score (nSPS) is 14.4. The third kappa shape index (κ3) is 5.25. The molecule has 4 heteroatoms. The van der Waals surface area contributed by atoms with Crippen molar-refractivity contribution in [2.75, 3.05) is 4.90 Å². The molecule has 3 aromatic rings. The zero-order valence-electron chi connectivity index (χ0n) is 18.1. The van der Waals surface area contributed by atoms with E-state index in [0.29, 0.717) is 0 Å². The topological polar surface area (TPSA) is 56.1 Å². The van der Waals surface area contributed by atoms with E-state index in [1.165, 1.54) is 6.42 Å². The molecular weight excluding hydrogens is 394 g/mol. The van der Waals surface area contributed by atoms with Crippen molar-refractivity contribution in [3.05, 3.63) is 96.1 Å². The molecule has 0 heterocycles. The summed E-state index contributed by atoms with van der Waals surface area (Å²) in [6.07, 6.45) is 7.15. The van der Waals surface area contributed by atoms with Crippen LogP contribution < -0.4 is 10.2 Å². The number of rotatable bonds is 6. The standard InChI is InChI=1S/C28H27N3O/c29-21-23(28(32)30-24-10-4-1-5-11-24)20-22-16-18-27(19-17-22)31(25-12-6-2-7-13-25)26-14-8-3-9-15-26/h2-3,6-9,12-20,24H,1,4-5,10-11H2,(H,30,32)/b23-20-. The molecule has 1 amide bonds. The summed E-state index contributed by atoms with van der Waals surface area (Å²) in [5, 5.41) is 12.6. The van der Waals surface area contributed by atoms with Crippen LogP contribution in [0.25, 0.3) is 6.08 Å². The molecule has 0 unspecified atom stereocenters. The number of hydrogen-bond donors (Lipinski definition) is 1. The van der Waals surface area contributed by atoms with Crippen molar-refractivity contribution in [2.24, 2.45) is 0 Å². The Morgan fingerprint density at radius 3 is 1.88 bits per heavy atom. The number of hydrogen-bond acceptors (Lipinski definition) is 3. The lowest BCUT2D eigenvalue weighted by Crippen LogP contribution is -2.36. The molecule has 0 aliphatic heterocycles. The monoisotopic (exact) mass is 421 g/mol. The predicted octanol–water partition coefficient (Wildman–Crippen LogP) is 6.51. The van der Waals surface area contributed by atoms with Crippen molar-refractivity contribution >= 4 is 29.0 Å². The fraction of sp³-hybridized carbons (Fsp3) is 0.214. The number of nitrogens with zero attached hydrogens (tertiary/aromatic N) is 2. The van der Waals surface area contributed by atoms with Gasteiger partial charge in [0.25, 0.3) is 5.91 Å². The van der Waals surface area contributed by atoms with Crippen molar-refractivity contribution < 1.29 is 4.79 Å². The molecule has 0 spiro atoms. The highest BCUT2D eigenvalue weighted by molar-refractivity contribution is 6.01. The van der Waals surface area contributed by atoms with Crippen LogP contribution >= 0.6 is 0 Å². The maximum atomic E-state index is 12.6. The quantitative estimate of drug-likeness (QED) is 0.364. The molecule has 1 aliphatic rings. The molecule has 160 valence electrons. The highest BCUT2D eigenvalue weighted by Crippen LogP contribution is 2.34. The molecule has 0 saturated heterocycles. The van der Waals surface area contributed by atoms with E-state index in [4.69, 9.17) is 0 Å². The highest BCUT2D eigenvalue weighted by atomic mass is 16.1. The number of anilines is 3. The molecule has 1 aliphatic carbocycles. The Morgan fingerprint density at radius 1 is 0.812 bits per heavy atom. The maximum Gasteiger partial charge on any atom is 0.262 e. The number of nitriles is 1. The van der Waals surface area contributed by atoms with Crippen molar-refractivity contribution in [3.63, 3.8) is 0 Å². The number of carbonyl (C=O) groups is 1. The van der Waals surface area contributed by atoms with Crippen molar-refractivity contribution in [1.82, 2.24) is 5.32 Å². The summed E-state index contributed by atoms with van der Waals surface area (Å²) in [6.45, 7) is 0.